The van der Waals surface area contributed by atoms with Crippen molar-refractivity contribution < 1.29 is 9.90 Å². The molecular formula is C20H10N4O2. The number of nitriles is 1. The predicted octanol–water partition coefficient (Wildman–Crippen LogP) is 3.80. The Labute approximate surface area is 148 Å². The number of carbonyl (C=O) groups excluding carboxylic acids is 1. The molecule has 0 aliphatic carbocycles. The summed E-state index contributed by atoms with van der Waals surface area (Å²) in [5.74, 6) is -0.646. The summed E-state index contributed by atoms with van der Waals surface area (Å²) in [6, 6.07) is 15.5. The van der Waals surface area contributed by atoms with Crippen molar-refractivity contribution in [2.24, 2.45) is 4.99 Å². The lowest BCUT2D eigenvalue weighted by Gasteiger charge is -2.01. The van der Waals surface area contributed by atoms with Gasteiger partial charge in [-0.25, -0.2) is 9.84 Å². The van der Waals surface area contributed by atoms with Gasteiger partial charge >= 0.3 is 0 Å². The Morgan fingerprint density at radius 2 is 1.88 bits per heavy atom. The van der Waals surface area contributed by atoms with Crippen LogP contribution in [-0.2, 0) is 0 Å². The lowest BCUT2D eigenvalue weighted by atomic mass is 9.99. The van der Waals surface area contributed by atoms with Gasteiger partial charge in [0.25, 0.3) is 5.91 Å². The summed E-state index contributed by atoms with van der Waals surface area (Å²) < 4.78 is 0. The normalized spacial score (nSPS) is 12.2. The summed E-state index contributed by atoms with van der Waals surface area (Å²) >= 11 is 0. The molecule has 122 valence electrons. The third-order valence-electron chi connectivity index (χ3n) is 4.17. The van der Waals surface area contributed by atoms with Crippen LogP contribution in [0.25, 0.3) is 16.1 Å². The average Bonchev–Trinajstić information content (AvgIpc) is 3.20. The van der Waals surface area contributed by atoms with Gasteiger partial charge in [0.2, 0.25) is 0 Å². The molecule has 2 heterocycles. The topological polar surface area (TPSA) is 93.6 Å². The average molecular weight is 338 g/mol. The second-order valence-electron chi connectivity index (χ2n) is 5.72. The fourth-order valence-corrected chi connectivity index (χ4v) is 3.04. The van der Waals surface area contributed by atoms with E-state index in [1.165, 1.54) is 0 Å². The van der Waals surface area contributed by atoms with Crippen LogP contribution in [0, 0.1) is 17.9 Å². The number of hydrogen-bond acceptors (Lipinski definition) is 3. The highest BCUT2D eigenvalue weighted by Gasteiger charge is 2.33. The number of aromatic nitrogens is 1. The van der Waals surface area contributed by atoms with Crippen molar-refractivity contribution in [1.29, 1.82) is 5.26 Å². The van der Waals surface area contributed by atoms with Gasteiger partial charge in [0.05, 0.1) is 40.7 Å². The number of rotatable bonds is 2. The standard InChI is InChI=1S/C20H10N4O2/c1-22-14-7-3-6-13(9-14)18-16-15(19(25)24-18)17(23-20(16)26)12-5-2-4-11(8-12)10-21/h2-9,24-25H. The van der Waals surface area contributed by atoms with Crippen LogP contribution in [0.4, 0.5) is 5.69 Å². The van der Waals surface area contributed by atoms with Crippen LogP contribution in [0.1, 0.15) is 27.0 Å². The van der Waals surface area contributed by atoms with Crippen LogP contribution in [0.2, 0.25) is 0 Å². The fraction of sp³-hybridized carbons (Fsp3) is 0. The molecule has 0 radical (unpaired) electrons. The summed E-state index contributed by atoms with van der Waals surface area (Å²) in [5, 5.41) is 19.5. The Kier molecular flexibility index (Phi) is 3.39. The minimum absolute atomic E-state index is 0.171. The molecule has 4 rings (SSSR count). The largest absolute Gasteiger partial charge is 0.494 e. The first-order valence-electron chi connectivity index (χ1n) is 7.69. The zero-order chi connectivity index (χ0) is 18.3. The molecule has 1 aliphatic rings. The summed E-state index contributed by atoms with van der Waals surface area (Å²) in [6.07, 6.45) is 0. The highest BCUT2D eigenvalue weighted by molar-refractivity contribution is 6.30. The molecule has 2 N–H and O–H groups in total. The van der Waals surface area contributed by atoms with Crippen molar-refractivity contribution in [3.8, 4) is 23.2 Å². The van der Waals surface area contributed by atoms with E-state index in [0.29, 0.717) is 39.3 Å². The molecule has 26 heavy (non-hydrogen) atoms. The van der Waals surface area contributed by atoms with Crippen LogP contribution in [0.5, 0.6) is 5.88 Å². The van der Waals surface area contributed by atoms with Crippen LogP contribution in [0.3, 0.4) is 0 Å². The molecule has 1 amide bonds. The third kappa shape index (κ3) is 2.26. The molecule has 0 unspecified atom stereocenters. The lowest BCUT2D eigenvalue weighted by molar-refractivity contribution is 0.101. The van der Waals surface area contributed by atoms with E-state index >= 15 is 0 Å². The maximum Gasteiger partial charge on any atom is 0.280 e. The Morgan fingerprint density at radius 3 is 2.65 bits per heavy atom. The maximum absolute atomic E-state index is 12.5. The van der Waals surface area contributed by atoms with Crippen LogP contribution >= 0.6 is 0 Å². The van der Waals surface area contributed by atoms with Gasteiger partial charge in [0, 0.05) is 5.56 Å². The molecule has 0 fully saturated rings. The molecule has 0 saturated heterocycles. The molecule has 2 aromatic carbocycles. The van der Waals surface area contributed by atoms with Crippen LogP contribution in [-0.4, -0.2) is 21.7 Å². The van der Waals surface area contributed by atoms with Crippen molar-refractivity contribution in [3.63, 3.8) is 0 Å². The first-order chi connectivity index (χ1) is 12.6. The number of aromatic amines is 1. The van der Waals surface area contributed by atoms with E-state index in [9.17, 15) is 9.90 Å². The third-order valence-corrected chi connectivity index (χ3v) is 4.17. The van der Waals surface area contributed by atoms with Gasteiger partial charge in [-0.3, -0.25) is 4.79 Å². The second-order valence-corrected chi connectivity index (χ2v) is 5.72. The molecule has 6 nitrogen and oxygen atoms in total. The summed E-state index contributed by atoms with van der Waals surface area (Å²) in [5.41, 5.74) is 3.38. The number of aliphatic imine (C=N–C) groups is 1. The Hall–Kier alpha value is -4.16. The molecule has 0 saturated carbocycles. The van der Waals surface area contributed by atoms with Crippen LogP contribution in [0.15, 0.2) is 53.5 Å². The SMILES string of the molecule is [C-]#[N+]c1cccc(-c2[nH]c(O)c3c2C(=O)N=C3c2cccc(C#N)c2)c1. The van der Waals surface area contributed by atoms with Gasteiger partial charge in [0.15, 0.2) is 11.6 Å². The second kappa shape index (κ2) is 5.73. The van der Waals surface area contributed by atoms with Gasteiger partial charge in [0.1, 0.15) is 0 Å². The van der Waals surface area contributed by atoms with Crippen LogP contribution < -0.4 is 0 Å². The highest BCUT2D eigenvalue weighted by Crippen LogP contribution is 2.38. The van der Waals surface area contributed by atoms with E-state index < -0.39 is 5.91 Å². The number of nitrogens with zero attached hydrogens (tertiary/aromatic N) is 3. The number of hydrogen-bond donors (Lipinski definition) is 2. The number of amides is 1. The van der Waals surface area contributed by atoms with E-state index in [4.69, 9.17) is 11.8 Å². The van der Waals surface area contributed by atoms with Gasteiger partial charge in [-0.1, -0.05) is 30.3 Å². The molecule has 0 atom stereocenters. The Balaban J connectivity index is 1.89. The smallest absolute Gasteiger partial charge is 0.280 e. The monoisotopic (exact) mass is 338 g/mol. The number of H-pyrrole nitrogens is 1. The quantitative estimate of drug-likeness (QED) is 0.696. The number of carbonyl (C=O) groups is 1. The Bertz CT molecular complexity index is 1190. The van der Waals surface area contributed by atoms with E-state index in [1.54, 1.807) is 48.5 Å². The maximum atomic E-state index is 12.5. The van der Waals surface area contributed by atoms with Crippen molar-refractivity contribution in [2.75, 3.05) is 0 Å². The number of benzene rings is 2. The van der Waals surface area contributed by atoms with E-state index in [-0.39, 0.29) is 11.4 Å². The number of aromatic hydroxyl groups is 1. The van der Waals surface area contributed by atoms with Crippen molar-refractivity contribution in [1.82, 2.24) is 4.98 Å². The fourth-order valence-electron chi connectivity index (χ4n) is 3.04. The molecular weight excluding hydrogens is 328 g/mol. The van der Waals surface area contributed by atoms with Gasteiger partial charge < -0.3 is 10.1 Å². The molecule has 0 bridgehead atoms. The van der Waals surface area contributed by atoms with Gasteiger partial charge in [-0.05, 0) is 23.8 Å². The summed E-state index contributed by atoms with van der Waals surface area (Å²) in [4.78, 5) is 22.8. The Morgan fingerprint density at radius 1 is 1.12 bits per heavy atom. The molecule has 6 heteroatoms. The summed E-state index contributed by atoms with van der Waals surface area (Å²) in [6.45, 7) is 7.13. The van der Waals surface area contributed by atoms with Gasteiger partial charge in [-0.15, -0.1) is 0 Å². The first kappa shape index (κ1) is 15.4. The molecule has 0 spiro atoms. The van der Waals surface area contributed by atoms with Crippen molar-refractivity contribution >= 4 is 17.3 Å². The van der Waals surface area contributed by atoms with E-state index in [1.807, 2.05) is 6.07 Å². The first-order valence-corrected chi connectivity index (χ1v) is 7.69. The minimum atomic E-state index is -0.475. The lowest BCUT2D eigenvalue weighted by Crippen LogP contribution is -2.00. The zero-order valence-electron chi connectivity index (χ0n) is 13.3. The molecule has 3 aromatic rings. The number of nitrogens with one attached hydrogen (secondary N) is 1. The highest BCUT2D eigenvalue weighted by atomic mass is 16.3. The van der Waals surface area contributed by atoms with Gasteiger partial charge in [-0.2, -0.15) is 5.26 Å². The zero-order valence-corrected chi connectivity index (χ0v) is 13.3. The molecule has 1 aromatic heterocycles. The van der Waals surface area contributed by atoms with Crippen molar-refractivity contribution in [3.05, 3.63) is 82.2 Å². The van der Waals surface area contributed by atoms with E-state index in [2.05, 4.69) is 14.8 Å². The predicted molar refractivity (Wildman–Crippen MR) is 95.3 cm³/mol. The van der Waals surface area contributed by atoms with Crippen molar-refractivity contribution in [2.45, 2.75) is 0 Å². The minimum Gasteiger partial charge on any atom is -0.494 e. The summed E-state index contributed by atoms with van der Waals surface area (Å²) in [7, 11) is 0. The van der Waals surface area contributed by atoms with E-state index in [0.717, 1.165) is 0 Å². The number of fused-ring (bicyclic) bond motifs is 1. The molecule has 1 aliphatic heterocycles.